The van der Waals surface area contributed by atoms with Crippen LogP contribution in [0.5, 0.6) is 0 Å². The molecular weight excluding hydrogens is 484 g/mol. The molecule has 3 aromatic carbocycles. The molecule has 0 radical (unpaired) electrons. The van der Waals surface area contributed by atoms with Gasteiger partial charge in [-0.1, -0.05) is 64.1 Å². The maximum Gasteiger partial charge on any atom is 0.234 e. The summed E-state index contributed by atoms with van der Waals surface area (Å²) in [6.45, 7) is 6.17. The van der Waals surface area contributed by atoms with Crippen LogP contribution in [0.1, 0.15) is 16.7 Å². The van der Waals surface area contributed by atoms with E-state index in [9.17, 15) is 4.79 Å². The van der Waals surface area contributed by atoms with Gasteiger partial charge in [0.1, 0.15) is 0 Å². The van der Waals surface area contributed by atoms with Crippen molar-refractivity contribution in [2.45, 2.75) is 25.9 Å². The molecule has 4 aromatic rings. The van der Waals surface area contributed by atoms with Gasteiger partial charge < -0.3 is 5.32 Å². The van der Waals surface area contributed by atoms with Crippen LogP contribution in [0.15, 0.2) is 76.4 Å². The van der Waals surface area contributed by atoms with Crippen LogP contribution in [0.3, 0.4) is 0 Å². The third-order valence-electron chi connectivity index (χ3n) is 5.19. The Kier molecular flexibility index (Phi) is 6.77. The Balaban J connectivity index is 1.60. The molecular formula is C25H23BrN4OS. The van der Waals surface area contributed by atoms with Crippen LogP contribution in [0, 0.1) is 20.8 Å². The maximum atomic E-state index is 12.6. The van der Waals surface area contributed by atoms with E-state index in [0.29, 0.717) is 5.16 Å². The van der Waals surface area contributed by atoms with Gasteiger partial charge >= 0.3 is 0 Å². The van der Waals surface area contributed by atoms with Crippen molar-refractivity contribution in [3.8, 4) is 17.1 Å². The number of hydrogen-bond acceptors (Lipinski definition) is 4. The van der Waals surface area contributed by atoms with Crippen LogP contribution in [0.4, 0.5) is 5.69 Å². The van der Waals surface area contributed by atoms with Gasteiger partial charge in [0.25, 0.3) is 0 Å². The number of aryl methyl sites for hydroxylation is 3. The van der Waals surface area contributed by atoms with Crippen molar-refractivity contribution < 1.29 is 4.79 Å². The molecule has 0 saturated heterocycles. The van der Waals surface area contributed by atoms with E-state index in [1.807, 2.05) is 60.0 Å². The molecule has 0 fully saturated rings. The average molecular weight is 507 g/mol. The van der Waals surface area contributed by atoms with Gasteiger partial charge in [0.05, 0.1) is 11.4 Å². The Bertz CT molecular complexity index is 1270. The van der Waals surface area contributed by atoms with Gasteiger partial charge in [-0.05, 0) is 67.8 Å². The topological polar surface area (TPSA) is 59.8 Å². The zero-order chi connectivity index (χ0) is 22.7. The third kappa shape index (κ3) is 4.95. The third-order valence-corrected chi connectivity index (χ3v) is 7.01. The number of rotatable bonds is 6. The van der Waals surface area contributed by atoms with Crippen molar-refractivity contribution in [1.82, 2.24) is 14.8 Å². The molecule has 1 amide bonds. The molecule has 0 unspecified atom stereocenters. The summed E-state index contributed by atoms with van der Waals surface area (Å²) < 4.78 is 3.03. The number of benzene rings is 3. The highest BCUT2D eigenvalue weighted by Gasteiger charge is 2.18. The first-order valence-corrected chi connectivity index (χ1v) is 12.0. The van der Waals surface area contributed by atoms with Gasteiger partial charge in [-0.25, -0.2) is 0 Å². The Morgan fingerprint density at radius 3 is 2.44 bits per heavy atom. The van der Waals surface area contributed by atoms with E-state index in [1.165, 1.54) is 22.9 Å². The highest BCUT2D eigenvalue weighted by Crippen LogP contribution is 2.29. The van der Waals surface area contributed by atoms with E-state index in [2.05, 4.69) is 63.5 Å². The monoisotopic (exact) mass is 506 g/mol. The molecule has 32 heavy (non-hydrogen) atoms. The fraction of sp³-hybridized carbons (Fsp3) is 0.160. The van der Waals surface area contributed by atoms with Gasteiger partial charge in [-0.15, -0.1) is 10.2 Å². The number of nitrogens with one attached hydrogen (secondary N) is 1. The molecule has 0 aliphatic carbocycles. The summed E-state index contributed by atoms with van der Waals surface area (Å²) in [6, 6.07) is 22.0. The van der Waals surface area contributed by atoms with E-state index in [0.717, 1.165) is 32.8 Å². The predicted molar refractivity (Wildman–Crippen MR) is 135 cm³/mol. The summed E-state index contributed by atoms with van der Waals surface area (Å²) in [4.78, 5) is 12.6. The van der Waals surface area contributed by atoms with Gasteiger partial charge in [-0.3, -0.25) is 9.36 Å². The molecule has 1 aromatic heterocycles. The second-order valence-electron chi connectivity index (χ2n) is 7.58. The maximum absolute atomic E-state index is 12.6. The first-order valence-electron chi connectivity index (χ1n) is 10.2. The van der Waals surface area contributed by atoms with Gasteiger partial charge in [0.15, 0.2) is 11.0 Å². The zero-order valence-corrected chi connectivity index (χ0v) is 20.5. The van der Waals surface area contributed by atoms with E-state index < -0.39 is 0 Å². The predicted octanol–water partition coefficient (Wildman–Crippen LogP) is 6.35. The molecule has 4 rings (SSSR count). The van der Waals surface area contributed by atoms with Crippen LogP contribution < -0.4 is 5.32 Å². The van der Waals surface area contributed by atoms with Gasteiger partial charge in [0, 0.05) is 15.7 Å². The Morgan fingerprint density at radius 2 is 1.72 bits per heavy atom. The van der Waals surface area contributed by atoms with E-state index in [-0.39, 0.29) is 11.7 Å². The van der Waals surface area contributed by atoms with Crippen molar-refractivity contribution in [3.63, 3.8) is 0 Å². The Labute approximate surface area is 200 Å². The summed E-state index contributed by atoms with van der Waals surface area (Å²) >= 11 is 4.85. The van der Waals surface area contributed by atoms with Crippen LogP contribution in [-0.2, 0) is 4.79 Å². The van der Waals surface area contributed by atoms with Crippen molar-refractivity contribution >= 4 is 39.3 Å². The largest absolute Gasteiger partial charge is 0.325 e. The van der Waals surface area contributed by atoms with Crippen LogP contribution >= 0.6 is 27.7 Å². The smallest absolute Gasteiger partial charge is 0.234 e. The van der Waals surface area contributed by atoms with Crippen molar-refractivity contribution in [2.75, 3.05) is 11.1 Å². The minimum Gasteiger partial charge on any atom is -0.325 e. The fourth-order valence-corrected chi connectivity index (χ4v) is 4.28. The minimum absolute atomic E-state index is 0.0902. The van der Waals surface area contributed by atoms with Crippen LogP contribution in [0.25, 0.3) is 17.1 Å². The van der Waals surface area contributed by atoms with Crippen molar-refractivity contribution in [2.24, 2.45) is 0 Å². The standard InChI is InChI=1S/C25H23BrN4OS/c1-16-9-11-21(14-17(16)2)30-24(19-7-5-4-6-8-19)28-29-25(30)32-15-23(31)27-20-10-12-22(26)18(3)13-20/h4-14H,15H2,1-3H3,(H,27,31). The summed E-state index contributed by atoms with van der Waals surface area (Å²) in [6.07, 6.45) is 0. The second-order valence-corrected chi connectivity index (χ2v) is 9.37. The molecule has 162 valence electrons. The summed E-state index contributed by atoms with van der Waals surface area (Å²) in [5, 5.41) is 12.5. The fourth-order valence-electron chi connectivity index (χ4n) is 3.28. The zero-order valence-electron chi connectivity index (χ0n) is 18.1. The first-order chi connectivity index (χ1) is 15.4. The van der Waals surface area contributed by atoms with Crippen LogP contribution in [0.2, 0.25) is 0 Å². The Morgan fingerprint density at radius 1 is 0.938 bits per heavy atom. The highest BCUT2D eigenvalue weighted by molar-refractivity contribution is 9.10. The quantitative estimate of drug-likeness (QED) is 0.309. The molecule has 0 aliphatic heterocycles. The highest BCUT2D eigenvalue weighted by atomic mass is 79.9. The molecule has 0 saturated carbocycles. The number of halogens is 1. The van der Waals surface area contributed by atoms with Crippen molar-refractivity contribution in [1.29, 1.82) is 0 Å². The number of nitrogens with zero attached hydrogens (tertiary/aromatic N) is 3. The lowest BCUT2D eigenvalue weighted by Crippen LogP contribution is -2.14. The van der Waals surface area contributed by atoms with Crippen molar-refractivity contribution in [3.05, 3.63) is 87.9 Å². The number of aromatic nitrogens is 3. The minimum atomic E-state index is -0.0902. The lowest BCUT2D eigenvalue weighted by Gasteiger charge is -2.12. The molecule has 0 spiro atoms. The Hall–Kier alpha value is -2.90. The molecule has 0 aliphatic rings. The normalized spacial score (nSPS) is 10.9. The van der Waals surface area contributed by atoms with E-state index in [4.69, 9.17) is 0 Å². The summed E-state index contributed by atoms with van der Waals surface area (Å²) in [5.41, 5.74) is 6.20. The van der Waals surface area contributed by atoms with Crippen LogP contribution in [-0.4, -0.2) is 26.4 Å². The molecule has 1 N–H and O–H groups in total. The number of thioether (sulfide) groups is 1. The van der Waals surface area contributed by atoms with Gasteiger partial charge in [0.2, 0.25) is 5.91 Å². The SMILES string of the molecule is Cc1ccc(-n2c(SCC(=O)Nc3ccc(Br)c(C)c3)nnc2-c2ccccc2)cc1C. The number of anilines is 1. The molecule has 7 heteroatoms. The van der Waals surface area contributed by atoms with E-state index in [1.54, 1.807) is 0 Å². The number of hydrogen-bond donors (Lipinski definition) is 1. The molecule has 1 heterocycles. The summed E-state index contributed by atoms with van der Waals surface area (Å²) in [7, 11) is 0. The average Bonchev–Trinajstić information content (AvgIpc) is 3.21. The van der Waals surface area contributed by atoms with E-state index >= 15 is 0 Å². The lowest BCUT2D eigenvalue weighted by atomic mass is 10.1. The number of amides is 1. The number of carbonyl (C=O) groups excluding carboxylic acids is 1. The molecule has 0 atom stereocenters. The molecule has 0 bridgehead atoms. The summed E-state index contributed by atoms with van der Waals surface area (Å²) in [5.74, 6) is 0.889. The van der Waals surface area contributed by atoms with Gasteiger partial charge in [-0.2, -0.15) is 0 Å². The first kappa shape index (κ1) is 22.3. The molecule has 5 nitrogen and oxygen atoms in total. The second kappa shape index (κ2) is 9.71. The lowest BCUT2D eigenvalue weighted by molar-refractivity contribution is -0.113. The number of carbonyl (C=O) groups is 1.